The first kappa shape index (κ1) is 20.9. The molecule has 0 spiro atoms. The minimum atomic E-state index is -4.66. The lowest BCUT2D eigenvalue weighted by Crippen LogP contribution is -2.36. The maximum Gasteiger partial charge on any atom is 0.423 e. The van der Waals surface area contributed by atoms with E-state index in [1.807, 2.05) is 4.90 Å². The standard InChI is InChI=1S/C18H20F4N4O3/c1-3-29-16-11(18(20,21)22)10-23-17(25-16)24-13-8-12(19)14(9-15(13)27-2)26-4-6-28-7-5-26/h8-10H,3-7H2,1-2H3,(H,23,24,25). The molecule has 11 heteroatoms. The van der Waals surface area contributed by atoms with Crippen molar-refractivity contribution in [3.63, 3.8) is 0 Å². The Labute approximate surface area is 164 Å². The maximum atomic E-state index is 14.7. The largest absolute Gasteiger partial charge is 0.494 e. The van der Waals surface area contributed by atoms with Crippen LogP contribution in [0.15, 0.2) is 18.3 Å². The number of benzene rings is 1. The molecule has 2 heterocycles. The van der Waals surface area contributed by atoms with Crippen molar-refractivity contribution in [1.29, 1.82) is 0 Å². The summed E-state index contributed by atoms with van der Waals surface area (Å²) in [5.74, 6) is -1.03. The number of ether oxygens (including phenoxy) is 3. The molecule has 3 rings (SSSR count). The summed E-state index contributed by atoms with van der Waals surface area (Å²) in [6.45, 7) is 3.58. The zero-order chi connectivity index (χ0) is 21.0. The molecule has 2 aromatic rings. The third-order valence-electron chi connectivity index (χ3n) is 4.21. The number of hydrogen-bond donors (Lipinski definition) is 1. The molecule has 0 amide bonds. The molecule has 1 aromatic carbocycles. The molecule has 0 aliphatic carbocycles. The van der Waals surface area contributed by atoms with Crippen molar-refractivity contribution in [1.82, 2.24) is 9.97 Å². The van der Waals surface area contributed by atoms with Gasteiger partial charge >= 0.3 is 6.18 Å². The maximum absolute atomic E-state index is 14.7. The van der Waals surface area contributed by atoms with Crippen LogP contribution in [0.2, 0.25) is 0 Å². The molecule has 1 aliphatic rings. The van der Waals surface area contributed by atoms with E-state index in [4.69, 9.17) is 14.2 Å². The van der Waals surface area contributed by atoms with E-state index >= 15 is 0 Å². The third kappa shape index (κ3) is 4.78. The Morgan fingerprint density at radius 2 is 1.97 bits per heavy atom. The lowest BCUT2D eigenvalue weighted by molar-refractivity contribution is -0.139. The summed E-state index contributed by atoms with van der Waals surface area (Å²) < 4.78 is 69.4. The number of nitrogens with one attached hydrogen (secondary N) is 1. The van der Waals surface area contributed by atoms with Crippen LogP contribution in [0.3, 0.4) is 0 Å². The predicted molar refractivity (Wildman–Crippen MR) is 97.5 cm³/mol. The Morgan fingerprint density at radius 1 is 1.24 bits per heavy atom. The Hall–Kier alpha value is -2.82. The first-order chi connectivity index (χ1) is 13.8. The van der Waals surface area contributed by atoms with Crippen molar-refractivity contribution >= 4 is 17.3 Å². The average Bonchev–Trinajstić information content (AvgIpc) is 2.68. The minimum absolute atomic E-state index is 0.00821. The molecule has 0 unspecified atom stereocenters. The molecule has 158 valence electrons. The Bertz CT molecular complexity index is 858. The summed E-state index contributed by atoms with van der Waals surface area (Å²) in [5, 5.41) is 2.69. The summed E-state index contributed by atoms with van der Waals surface area (Å²) in [6.07, 6.45) is -4.04. The first-order valence-electron chi connectivity index (χ1n) is 8.87. The fourth-order valence-corrected chi connectivity index (χ4v) is 2.84. The summed E-state index contributed by atoms with van der Waals surface area (Å²) >= 11 is 0. The fourth-order valence-electron chi connectivity index (χ4n) is 2.84. The number of halogens is 4. The predicted octanol–water partition coefficient (Wildman–Crippen LogP) is 3.62. The number of alkyl halides is 3. The second-order valence-corrected chi connectivity index (χ2v) is 6.07. The van der Waals surface area contributed by atoms with Crippen molar-refractivity contribution in [3.05, 3.63) is 29.7 Å². The van der Waals surface area contributed by atoms with Gasteiger partial charge in [0, 0.05) is 31.4 Å². The van der Waals surface area contributed by atoms with Crippen molar-refractivity contribution in [2.24, 2.45) is 0 Å². The Kier molecular flexibility index (Phi) is 6.26. The molecule has 1 fully saturated rings. The van der Waals surface area contributed by atoms with E-state index in [1.165, 1.54) is 26.2 Å². The summed E-state index contributed by atoms with van der Waals surface area (Å²) in [7, 11) is 1.40. The van der Waals surface area contributed by atoms with E-state index in [0.29, 0.717) is 38.2 Å². The highest BCUT2D eigenvalue weighted by Crippen LogP contribution is 2.37. The van der Waals surface area contributed by atoms with Gasteiger partial charge in [-0.2, -0.15) is 18.2 Å². The van der Waals surface area contributed by atoms with E-state index in [0.717, 1.165) is 0 Å². The second-order valence-electron chi connectivity index (χ2n) is 6.07. The van der Waals surface area contributed by atoms with Gasteiger partial charge in [0.25, 0.3) is 0 Å². The second kappa shape index (κ2) is 8.68. The van der Waals surface area contributed by atoms with Crippen LogP contribution in [0.25, 0.3) is 0 Å². The normalized spacial score (nSPS) is 14.6. The van der Waals surface area contributed by atoms with E-state index in [2.05, 4.69) is 15.3 Å². The van der Waals surface area contributed by atoms with Gasteiger partial charge in [0.05, 0.1) is 38.3 Å². The van der Waals surface area contributed by atoms with Crippen LogP contribution in [-0.2, 0) is 10.9 Å². The van der Waals surface area contributed by atoms with Gasteiger partial charge in [-0.05, 0) is 6.92 Å². The van der Waals surface area contributed by atoms with E-state index in [1.54, 1.807) is 0 Å². The van der Waals surface area contributed by atoms with Crippen LogP contribution in [0.1, 0.15) is 12.5 Å². The number of aromatic nitrogens is 2. The van der Waals surface area contributed by atoms with Gasteiger partial charge in [-0.25, -0.2) is 9.37 Å². The minimum Gasteiger partial charge on any atom is -0.494 e. The SMILES string of the molecule is CCOc1nc(Nc2cc(F)c(N3CCOCC3)cc2OC)ncc1C(F)(F)F. The lowest BCUT2D eigenvalue weighted by Gasteiger charge is -2.29. The smallest absolute Gasteiger partial charge is 0.423 e. The monoisotopic (exact) mass is 416 g/mol. The number of hydrogen-bond acceptors (Lipinski definition) is 7. The molecular weight excluding hydrogens is 396 g/mol. The molecule has 0 saturated carbocycles. The molecule has 1 aliphatic heterocycles. The zero-order valence-corrected chi connectivity index (χ0v) is 15.8. The van der Waals surface area contributed by atoms with Gasteiger partial charge in [-0.15, -0.1) is 0 Å². The van der Waals surface area contributed by atoms with Crippen molar-refractivity contribution in [2.75, 3.05) is 50.2 Å². The third-order valence-corrected chi connectivity index (χ3v) is 4.21. The van der Waals surface area contributed by atoms with Gasteiger partial charge in [-0.3, -0.25) is 0 Å². The fraction of sp³-hybridized carbons (Fsp3) is 0.444. The van der Waals surface area contributed by atoms with Crippen LogP contribution in [0.5, 0.6) is 11.6 Å². The number of morpholine rings is 1. The summed E-state index contributed by atoms with van der Waals surface area (Å²) in [5.41, 5.74) is -0.575. The number of methoxy groups -OCH3 is 1. The number of rotatable bonds is 6. The van der Waals surface area contributed by atoms with Crippen LogP contribution < -0.4 is 19.7 Å². The van der Waals surface area contributed by atoms with Gasteiger partial charge < -0.3 is 24.4 Å². The highest BCUT2D eigenvalue weighted by Gasteiger charge is 2.36. The van der Waals surface area contributed by atoms with Gasteiger partial charge in [0.15, 0.2) is 0 Å². The van der Waals surface area contributed by atoms with E-state index in [9.17, 15) is 17.6 Å². The highest BCUT2D eigenvalue weighted by molar-refractivity contribution is 5.69. The quantitative estimate of drug-likeness (QED) is 0.722. The van der Waals surface area contributed by atoms with Gasteiger partial charge in [0.2, 0.25) is 11.8 Å². The van der Waals surface area contributed by atoms with Gasteiger partial charge in [0.1, 0.15) is 17.1 Å². The molecule has 1 aromatic heterocycles. The molecule has 0 atom stereocenters. The summed E-state index contributed by atoms with van der Waals surface area (Å²) in [4.78, 5) is 9.27. The number of anilines is 3. The first-order valence-corrected chi connectivity index (χ1v) is 8.87. The topological polar surface area (TPSA) is 68.7 Å². The number of nitrogens with zero attached hydrogens (tertiary/aromatic N) is 3. The van der Waals surface area contributed by atoms with Gasteiger partial charge in [-0.1, -0.05) is 0 Å². The van der Waals surface area contributed by atoms with E-state index < -0.39 is 23.4 Å². The zero-order valence-electron chi connectivity index (χ0n) is 15.8. The molecule has 7 nitrogen and oxygen atoms in total. The molecule has 29 heavy (non-hydrogen) atoms. The van der Waals surface area contributed by atoms with Crippen molar-refractivity contribution < 1.29 is 31.8 Å². The average molecular weight is 416 g/mol. The Balaban J connectivity index is 1.91. The van der Waals surface area contributed by atoms with E-state index in [-0.39, 0.29) is 24.0 Å². The molecular formula is C18H20F4N4O3. The van der Waals surface area contributed by atoms with Crippen molar-refractivity contribution in [2.45, 2.75) is 13.1 Å². The highest BCUT2D eigenvalue weighted by atomic mass is 19.4. The Morgan fingerprint density at radius 3 is 2.59 bits per heavy atom. The van der Waals surface area contributed by atoms with Crippen LogP contribution in [0.4, 0.5) is 34.9 Å². The molecule has 0 bridgehead atoms. The molecule has 0 radical (unpaired) electrons. The van der Waals surface area contributed by atoms with Crippen LogP contribution >= 0.6 is 0 Å². The molecule has 1 N–H and O–H groups in total. The van der Waals surface area contributed by atoms with Crippen LogP contribution in [0, 0.1) is 5.82 Å². The van der Waals surface area contributed by atoms with Crippen LogP contribution in [-0.4, -0.2) is 50.0 Å². The van der Waals surface area contributed by atoms with Crippen molar-refractivity contribution in [3.8, 4) is 11.6 Å². The lowest BCUT2D eigenvalue weighted by atomic mass is 10.2. The molecule has 1 saturated heterocycles. The summed E-state index contributed by atoms with van der Waals surface area (Å²) in [6, 6.07) is 2.70.